The Morgan fingerprint density at radius 1 is 1.30 bits per heavy atom. The molecule has 1 fully saturated rings. The van der Waals surface area contributed by atoms with Gasteiger partial charge in [-0.15, -0.1) is 0 Å². The minimum Gasteiger partial charge on any atom is -0.495 e. The van der Waals surface area contributed by atoms with E-state index in [4.69, 9.17) is 26.9 Å². The number of benzene rings is 1. The number of rotatable bonds is 5. The molecule has 23 heavy (non-hydrogen) atoms. The summed E-state index contributed by atoms with van der Waals surface area (Å²) in [6, 6.07) is 5.81. The monoisotopic (exact) mass is 341 g/mol. The molecular weight excluding hydrogens is 314 g/mol. The molecule has 6 heteroatoms. The Bertz CT molecular complexity index is 471. The van der Waals surface area contributed by atoms with Gasteiger partial charge >= 0.3 is 0 Å². The molecule has 0 saturated carbocycles. The largest absolute Gasteiger partial charge is 0.495 e. The fourth-order valence-corrected chi connectivity index (χ4v) is 2.83. The lowest BCUT2D eigenvalue weighted by atomic mass is 10.2. The van der Waals surface area contributed by atoms with Crippen LogP contribution in [0.2, 0.25) is 5.02 Å². The van der Waals surface area contributed by atoms with Crippen LogP contribution >= 0.6 is 11.6 Å². The number of ether oxygens (including phenoxy) is 1. The zero-order chi connectivity index (χ0) is 17.1. The van der Waals surface area contributed by atoms with Crippen molar-refractivity contribution in [3.8, 4) is 5.75 Å². The molecule has 1 aliphatic heterocycles. The minimum atomic E-state index is 0.750. The van der Waals surface area contributed by atoms with Crippen LogP contribution in [0.5, 0.6) is 5.75 Å². The van der Waals surface area contributed by atoms with Gasteiger partial charge in [-0.1, -0.05) is 11.6 Å². The van der Waals surface area contributed by atoms with Crippen molar-refractivity contribution in [2.45, 2.75) is 19.8 Å². The molecule has 0 atom stereocenters. The van der Waals surface area contributed by atoms with Crippen molar-refractivity contribution in [3.05, 3.63) is 23.2 Å². The van der Waals surface area contributed by atoms with Crippen molar-refractivity contribution in [2.24, 2.45) is 5.73 Å². The smallest absolute Gasteiger partial charge is 0.142 e. The number of carbonyl (C=O) groups is 1. The highest BCUT2D eigenvalue weighted by Crippen LogP contribution is 2.31. The highest BCUT2D eigenvalue weighted by atomic mass is 35.5. The summed E-state index contributed by atoms with van der Waals surface area (Å²) in [6.07, 6.45) is 2.97. The van der Waals surface area contributed by atoms with E-state index < -0.39 is 0 Å². The van der Waals surface area contributed by atoms with Crippen LogP contribution in [0.25, 0.3) is 0 Å². The van der Waals surface area contributed by atoms with E-state index in [1.54, 1.807) is 7.11 Å². The van der Waals surface area contributed by atoms with Crippen molar-refractivity contribution in [2.75, 3.05) is 51.3 Å². The fraction of sp³-hybridized carbons (Fsp3) is 0.588. The summed E-state index contributed by atoms with van der Waals surface area (Å²) in [5.74, 6) is 0.893. The Kier molecular flexibility index (Phi) is 9.67. The topological polar surface area (TPSA) is 58.8 Å². The van der Waals surface area contributed by atoms with Crippen molar-refractivity contribution in [1.82, 2.24) is 4.90 Å². The minimum absolute atomic E-state index is 0.750. The van der Waals surface area contributed by atoms with E-state index in [1.807, 2.05) is 18.2 Å². The number of anilines is 1. The van der Waals surface area contributed by atoms with Gasteiger partial charge in [0.05, 0.1) is 12.8 Å². The first-order valence-corrected chi connectivity index (χ1v) is 8.44. The Labute approximate surface area is 144 Å². The summed E-state index contributed by atoms with van der Waals surface area (Å²) in [7, 11) is 1.71. The highest BCUT2D eigenvalue weighted by Gasteiger charge is 2.17. The third kappa shape index (κ3) is 6.77. The van der Waals surface area contributed by atoms with Gasteiger partial charge in [-0.05, 0) is 57.6 Å². The van der Waals surface area contributed by atoms with Gasteiger partial charge in [-0.2, -0.15) is 0 Å². The summed E-state index contributed by atoms with van der Waals surface area (Å²) in [6.45, 7) is 7.55. The molecule has 1 aromatic rings. The van der Waals surface area contributed by atoms with Crippen molar-refractivity contribution in [3.63, 3.8) is 0 Å². The molecule has 130 valence electrons. The number of aldehydes is 1. The Morgan fingerprint density at radius 3 is 2.70 bits per heavy atom. The van der Waals surface area contributed by atoms with Crippen LogP contribution < -0.4 is 15.4 Å². The van der Waals surface area contributed by atoms with Crippen LogP contribution in [0, 0.1) is 0 Å². The lowest BCUT2D eigenvalue weighted by molar-refractivity contribution is -0.106. The number of halogens is 1. The number of hydrogen-bond acceptors (Lipinski definition) is 5. The van der Waals surface area contributed by atoms with Crippen LogP contribution in [0.4, 0.5) is 5.69 Å². The van der Waals surface area contributed by atoms with Gasteiger partial charge in [0.25, 0.3) is 0 Å². The molecular formula is C17H28ClN3O2. The van der Waals surface area contributed by atoms with E-state index in [0.29, 0.717) is 0 Å². The van der Waals surface area contributed by atoms with E-state index in [0.717, 1.165) is 74.9 Å². The van der Waals surface area contributed by atoms with Crippen LogP contribution in [-0.2, 0) is 4.79 Å². The third-order valence-corrected chi connectivity index (χ3v) is 3.98. The first kappa shape index (κ1) is 19.7. The standard InChI is InChI=1S/C15H24ClN3O.C2H4O/c1-20-15-5-4-13(16)12-14(15)19-9-3-8-18(10-11-19)7-2-6-17;1-2-3/h4-5,12H,2-3,6-11,17H2,1H3;2H,1H3. The van der Waals surface area contributed by atoms with Crippen LogP contribution in [-0.4, -0.2) is 57.6 Å². The van der Waals surface area contributed by atoms with Gasteiger partial charge in [-0.3, -0.25) is 0 Å². The quantitative estimate of drug-likeness (QED) is 0.833. The molecule has 0 bridgehead atoms. The van der Waals surface area contributed by atoms with E-state index in [9.17, 15) is 0 Å². The molecule has 0 aliphatic carbocycles. The number of nitrogens with two attached hydrogens (primary N) is 1. The average Bonchev–Trinajstić information content (AvgIpc) is 2.79. The number of hydrogen-bond donors (Lipinski definition) is 1. The fourth-order valence-electron chi connectivity index (χ4n) is 2.66. The third-order valence-electron chi connectivity index (χ3n) is 3.75. The normalized spacial score (nSPS) is 15.4. The van der Waals surface area contributed by atoms with Crippen molar-refractivity contribution < 1.29 is 9.53 Å². The highest BCUT2D eigenvalue weighted by molar-refractivity contribution is 6.30. The van der Waals surface area contributed by atoms with Crippen LogP contribution in [0.15, 0.2) is 18.2 Å². The van der Waals surface area contributed by atoms with Crippen molar-refractivity contribution in [1.29, 1.82) is 0 Å². The molecule has 0 aromatic heterocycles. The summed E-state index contributed by atoms with van der Waals surface area (Å²) in [4.78, 5) is 13.7. The zero-order valence-electron chi connectivity index (χ0n) is 14.1. The predicted molar refractivity (Wildman–Crippen MR) is 96.7 cm³/mol. The Morgan fingerprint density at radius 2 is 2.04 bits per heavy atom. The lowest BCUT2D eigenvalue weighted by Crippen LogP contribution is -2.32. The Hall–Kier alpha value is -1.30. The van der Waals surface area contributed by atoms with Gasteiger partial charge in [0.2, 0.25) is 0 Å². The first-order valence-electron chi connectivity index (χ1n) is 8.07. The molecule has 0 spiro atoms. The second-order valence-corrected chi connectivity index (χ2v) is 5.81. The molecule has 0 radical (unpaired) electrons. The predicted octanol–water partition coefficient (Wildman–Crippen LogP) is 2.41. The second kappa shape index (κ2) is 11.3. The first-order chi connectivity index (χ1) is 11.2. The SMILES string of the molecule is CC=O.COc1ccc(Cl)cc1N1CCCN(CCCN)CC1. The maximum Gasteiger partial charge on any atom is 0.142 e. The van der Waals surface area contributed by atoms with Gasteiger partial charge in [0, 0.05) is 24.7 Å². The van der Waals surface area contributed by atoms with E-state index in [1.165, 1.54) is 6.92 Å². The number of carbonyl (C=O) groups excluding carboxylic acids is 1. The van der Waals surface area contributed by atoms with E-state index in [2.05, 4.69) is 9.80 Å². The number of nitrogens with zero attached hydrogens (tertiary/aromatic N) is 2. The molecule has 0 unspecified atom stereocenters. The maximum absolute atomic E-state index is 8.81. The van der Waals surface area contributed by atoms with E-state index >= 15 is 0 Å². The molecule has 1 aliphatic rings. The molecule has 1 aromatic carbocycles. The Balaban J connectivity index is 0.000000816. The average molecular weight is 342 g/mol. The van der Waals surface area contributed by atoms with Gasteiger partial charge in [-0.25, -0.2) is 0 Å². The van der Waals surface area contributed by atoms with Crippen LogP contribution in [0.1, 0.15) is 19.8 Å². The summed E-state index contributed by atoms with van der Waals surface area (Å²) in [5, 5.41) is 0.755. The van der Waals surface area contributed by atoms with Crippen LogP contribution in [0.3, 0.4) is 0 Å². The molecule has 2 rings (SSSR count). The molecule has 2 N–H and O–H groups in total. The zero-order valence-corrected chi connectivity index (χ0v) is 14.9. The van der Waals surface area contributed by atoms with E-state index in [-0.39, 0.29) is 0 Å². The molecule has 0 amide bonds. The molecule has 5 nitrogen and oxygen atoms in total. The van der Waals surface area contributed by atoms with Gasteiger partial charge in [0.15, 0.2) is 0 Å². The number of methoxy groups -OCH3 is 1. The summed E-state index contributed by atoms with van der Waals surface area (Å²) >= 11 is 6.12. The lowest BCUT2D eigenvalue weighted by Gasteiger charge is -2.25. The van der Waals surface area contributed by atoms with Crippen molar-refractivity contribution >= 4 is 23.6 Å². The molecule has 1 saturated heterocycles. The summed E-state index contributed by atoms with van der Waals surface area (Å²) in [5.41, 5.74) is 6.69. The van der Waals surface area contributed by atoms with Gasteiger partial charge in [0.1, 0.15) is 12.0 Å². The van der Waals surface area contributed by atoms with Gasteiger partial charge < -0.3 is 25.1 Å². The summed E-state index contributed by atoms with van der Waals surface area (Å²) < 4.78 is 5.46. The second-order valence-electron chi connectivity index (χ2n) is 5.38. The maximum atomic E-state index is 8.81. The molecule has 1 heterocycles.